The predicted molar refractivity (Wildman–Crippen MR) is 57.5 cm³/mol. The van der Waals surface area contributed by atoms with Crippen molar-refractivity contribution in [2.45, 2.75) is 25.9 Å². The van der Waals surface area contributed by atoms with Gasteiger partial charge in [0.25, 0.3) is 0 Å². The third kappa shape index (κ3) is 3.06. The molecule has 3 nitrogen and oxygen atoms in total. The maximum atomic E-state index is 11.3. The molecule has 1 aromatic carbocycles. The smallest absolute Gasteiger partial charge is 0.335 e. The average molecular weight is 208 g/mol. The highest BCUT2D eigenvalue weighted by atomic mass is 16.5. The fourth-order valence-electron chi connectivity index (χ4n) is 1.37. The van der Waals surface area contributed by atoms with E-state index in [1.165, 1.54) is 0 Å². The summed E-state index contributed by atoms with van der Waals surface area (Å²) in [7, 11) is 0. The summed E-state index contributed by atoms with van der Waals surface area (Å²) < 4.78 is 4.76. The van der Waals surface area contributed by atoms with Crippen LogP contribution in [0.15, 0.2) is 30.3 Å². The van der Waals surface area contributed by atoms with Gasteiger partial charge in [-0.15, -0.1) is 0 Å². The molecule has 0 saturated carbocycles. The van der Waals surface area contributed by atoms with Crippen LogP contribution in [0.2, 0.25) is 0 Å². The zero-order valence-corrected chi connectivity index (χ0v) is 9.01. The summed E-state index contributed by atoms with van der Waals surface area (Å²) in [6, 6.07) is 9.42. The van der Waals surface area contributed by atoms with Crippen LogP contribution in [0.5, 0.6) is 0 Å². The van der Waals surface area contributed by atoms with Crippen molar-refractivity contribution < 1.29 is 14.6 Å². The van der Waals surface area contributed by atoms with E-state index in [1.807, 2.05) is 30.3 Å². The third-order valence-corrected chi connectivity index (χ3v) is 2.33. The molecule has 82 valence electrons. The molecule has 2 atom stereocenters. The van der Waals surface area contributed by atoms with Crippen LogP contribution in [0.1, 0.15) is 25.3 Å². The van der Waals surface area contributed by atoms with Gasteiger partial charge < -0.3 is 9.84 Å². The number of ether oxygens (including phenoxy) is 1. The summed E-state index contributed by atoms with van der Waals surface area (Å²) in [4.78, 5) is 11.3. The fraction of sp³-hybridized carbons (Fsp3) is 0.417. The Morgan fingerprint density at radius 2 is 2.00 bits per heavy atom. The van der Waals surface area contributed by atoms with E-state index in [0.717, 1.165) is 5.56 Å². The number of hydrogen-bond donors (Lipinski definition) is 1. The van der Waals surface area contributed by atoms with E-state index < -0.39 is 12.1 Å². The van der Waals surface area contributed by atoms with Crippen LogP contribution in [-0.2, 0) is 9.53 Å². The number of rotatable bonds is 4. The summed E-state index contributed by atoms with van der Waals surface area (Å²) >= 11 is 0. The first-order chi connectivity index (χ1) is 7.16. The van der Waals surface area contributed by atoms with E-state index in [9.17, 15) is 9.90 Å². The Morgan fingerprint density at radius 3 is 2.53 bits per heavy atom. The number of hydrogen-bond acceptors (Lipinski definition) is 3. The molecule has 0 amide bonds. The Hall–Kier alpha value is -1.35. The molecule has 0 spiro atoms. The number of esters is 1. The van der Waals surface area contributed by atoms with Crippen LogP contribution in [0, 0.1) is 0 Å². The monoisotopic (exact) mass is 208 g/mol. The molecule has 15 heavy (non-hydrogen) atoms. The van der Waals surface area contributed by atoms with Gasteiger partial charge in [0.05, 0.1) is 6.61 Å². The second-order valence-electron chi connectivity index (χ2n) is 3.40. The van der Waals surface area contributed by atoms with Crippen LogP contribution in [0.4, 0.5) is 0 Å². The zero-order chi connectivity index (χ0) is 11.3. The molecular formula is C12H16O3. The second-order valence-corrected chi connectivity index (χ2v) is 3.40. The molecule has 0 fully saturated rings. The molecule has 0 bridgehead atoms. The highest BCUT2D eigenvalue weighted by molar-refractivity contribution is 5.75. The first kappa shape index (κ1) is 11.7. The standard InChI is InChI=1S/C12H16O3/c1-3-15-12(14)11(13)9(2)10-7-5-4-6-8-10/h4-9,11,13H,3H2,1-2H3/t9?,11-/m0/s1. The number of aliphatic hydroxyl groups is 1. The quantitative estimate of drug-likeness (QED) is 0.766. The van der Waals surface area contributed by atoms with Gasteiger partial charge in [-0.05, 0) is 12.5 Å². The molecule has 0 heterocycles. The van der Waals surface area contributed by atoms with Crippen LogP contribution in [0.25, 0.3) is 0 Å². The van der Waals surface area contributed by atoms with Gasteiger partial charge in [-0.25, -0.2) is 4.79 Å². The van der Waals surface area contributed by atoms with Gasteiger partial charge in [-0.1, -0.05) is 37.3 Å². The molecule has 0 radical (unpaired) electrons. The van der Waals surface area contributed by atoms with Gasteiger partial charge in [0, 0.05) is 5.92 Å². The predicted octanol–water partition coefficient (Wildman–Crippen LogP) is 1.71. The first-order valence-corrected chi connectivity index (χ1v) is 5.06. The molecule has 0 saturated heterocycles. The van der Waals surface area contributed by atoms with Gasteiger partial charge in [0.1, 0.15) is 0 Å². The lowest BCUT2D eigenvalue weighted by molar-refractivity contribution is -0.154. The average Bonchev–Trinajstić information content (AvgIpc) is 2.28. The lowest BCUT2D eigenvalue weighted by Crippen LogP contribution is -2.28. The maximum Gasteiger partial charge on any atom is 0.335 e. The topological polar surface area (TPSA) is 46.5 Å². The summed E-state index contributed by atoms with van der Waals surface area (Å²) in [5.74, 6) is -0.806. The van der Waals surface area contributed by atoms with Crippen LogP contribution < -0.4 is 0 Å². The van der Waals surface area contributed by atoms with Gasteiger partial charge >= 0.3 is 5.97 Å². The molecule has 1 aromatic rings. The molecule has 0 aliphatic heterocycles. The van der Waals surface area contributed by atoms with Crippen molar-refractivity contribution in [1.82, 2.24) is 0 Å². The molecule has 1 unspecified atom stereocenters. The van der Waals surface area contributed by atoms with E-state index in [4.69, 9.17) is 4.74 Å². The minimum absolute atomic E-state index is 0.245. The number of benzene rings is 1. The Balaban J connectivity index is 2.68. The van der Waals surface area contributed by atoms with Gasteiger partial charge in [-0.3, -0.25) is 0 Å². The number of carbonyl (C=O) groups is 1. The Morgan fingerprint density at radius 1 is 1.40 bits per heavy atom. The Labute approximate surface area is 89.7 Å². The summed E-state index contributed by atoms with van der Waals surface area (Å²) in [6.07, 6.45) is -1.09. The minimum atomic E-state index is -1.09. The maximum absolute atomic E-state index is 11.3. The minimum Gasteiger partial charge on any atom is -0.464 e. The molecule has 3 heteroatoms. The molecule has 0 aliphatic carbocycles. The van der Waals surface area contributed by atoms with Gasteiger partial charge in [0.15, 0.2) is 6.10 Å². The fourth-order valence-corrected chi connectivity index (χ4v) is 1.37. The highest BCUT2D eigenvalue weighted by Gasteiger charge is 2.24. The molecule has 1 rings (SSSR count). The second kappa shape index (κ2) is 5.51. The lowest BCUT2D eigenvalue weighted by atomic mass is 9.95. The van der Waals surface area contributed by atoms with E-state index in [1.54, 1.807) is 13.8 Å². The number of carbonyl (C=O) groups excluding carboxylic acids is 1. The van der Waals surface area contributed by atoms with E-state index >= 15 is 0 Å². The van der Waals surface area contributed by atoms with Crippen molar-refractivity contribution in [3.8, 4) is 0 Å². The SMILES string of the molecule is CCOC(=O)[C@@H](O)C(C)c1ccccc1. The van der Waals surface area contributed by atoms with E-state index in [0.29, 0.717) is 0 Å². The van der Waals surface area contributed by atoms with Gasteiger partial charge in [-0.2, -0.15) is 0 Å². The van der Waals surface area contributed by atoms with E-state index in [2.05, 4.69) is 0 Å². The zero-order valence-electron chi connectivity index (χ0n) is 9.01. The molecule has 1 N–H and O–H groups in total. The van der Waals surface area contributed by atoms with Crippen molar-refractivity contribution in [3.63, 3.8) is 0 Å². The third-order valence-electron chi connectivity index (χ3n) is 2.33. The molecule has 0 aromatic heterocycles. The summed E-state index contributed by atoms with van der Waals surface area (Å²) in [6.45, 7) is 3.81. The van der Waals surface area contributed by atoms with Crippen molar-refractivity contribution in [2.75, 3.05) is 6.61 Å². The van der Waals surface area contributed by atoms with Crippen molar-refractivity contribution >= 4 is 5.97 Å². The highest BCUT2D eigenvalue weighted by Crippen LogP contribution is 2.19. The Bertz CT molecular complexity index is 308. The van der Waals surface area contributed by atoms with Crippen molar-refractivity contribution in [3.05, 3.63) is 35.9 Å². The van der Waals surface area contributed by atoms with Crippen molar-refractivity contribution in [1.29, 1.82) is 0 Å². The van der Waals surface area contributed by atoms with Crippen LogP contribution in [-0.4, -0.2) is 23.8 Å². The summed E-state index contributed by atoms with van der Waals surface area (Å²) in [5.41, 5.74) is 0.929. The van der Waals surface area contributed by atoms with E-state index in [-0.39, 0.29) is 12.5 Å². The molecular weight excluding hydrogens is 192 g/mol. The first-order valence-electron chi connectivity index (χ1n) is 5.06. The molecule has 0 aliphatic rings. The Kier molecular flexibility index (Phi) is 4.31. The number of aliphatic hydroxyl groups excluding tert-OH is 1. The summed E-state index contributed by atoms with van der Waals surface area (Å²) in [5, 5.41) is 9.70. The van der Waals surface area contributed by atoms with Crippen LogP contribution >= 0.6 is 0 Å². The largest absolute Gasteiger partial charge is 0.464 e. The van der Waals surface area contributed by atoms with Gasteiger partial charge in [0.2, 0.25) is 0 Å². The normalized spacial score (nSPS) is 14.3. The van der Waals surface area contributed by atoms with Crippen LogP contribution in [0.3, 0.4) is 0 Å². The lowest BCUT2D eigenvalue weighted by Gasteiger charge is -2.17. The van der Waals surface area contributed by atoms with Crippen molar-refractivity contribution in [2.24, 2.45) is 0 Å².